The number of nitrogens with zero attached hydrogens (tertiary/aromatic N) is 2. The summed E-state index contributed by atoms with van der Waals surface area (Å²) >= 11 is 7.81. The van der Waals surface area contributed by atoms with Gasteiger partial charge in [-0.25, -0.2) is 4.98 Å². The molecular weight excluding hydrogens is 432 g/mol. The van der Waals surface area contributed by atoms with Crippen molar-refractivity contribution in [1.82, 2.24) is 4.98 Å². The molecule has 0 saturated carbocycles. The Kier molecular flexibility index (Phi) is 5.52. The molecular formula is C24H21ClN2O3S. The van der Waals surface area contributed by atoms with Crippen molar-refractivity contribution in [3.8, 4) is 5.75 Å². The van der Waals surface area contributed by atoms with Crippen molar-refractivity contribution < 1.29 is 14.3 Å². The molecule has 3 aromatic carbocycles. The number of rotatable bonds is 5. The second-order valence-corrected chi connectivity index (χ2v) is 8.95. The van der Waals surface area contributed by atoms with Crippen molar-refractivity contribution in [3.63, 3.8) is 0 Å². The molecule has 158 valence electrons. The lowest BCUT2D eigenvalue weighted by Crippen LogP contribution is -2.37. The highest BCUT2D eigenvalue weighted by atomic mass is 35.5. The average molecular weight is 453 g/mol. The first-order valence-corrected chi connectivity index (χ1v) is 11.4. The second kappa shape index (κ2) is 8.46. The minimum Gasteiger partial charge on any atom is -0.496 e. The topological polar surface area (TPSA) is 51.7 Å². The highest BCUT2D eigenvalue weighted by molar-refractivity contribution is 7.22. The second-order valence-electron chi connectivity index (χ2n) is 7.53. The molecule has 0 bridgehead atoms. The van der Waals surface area contributed by atoms with Crippen molar-refractivity contribution in [1.29, 1.82) is 0 Å². The molecule has 1 aliphatic rings. The van der Waals surface area contributed by atoms with Crippen molar-refractivity contribution >= 4 is 55.0 Å². The fourth-order valence-electron chi connectivity index (χ4n) is 3.96. The molecule has 1 amide bonds. The molecule has 1 atom stereocenters. The summed E-state index contributed by atoms with van der Waals surface area (Å²) in [5, 5.41) is 3.19. The molecule has 5 rings (SSSR count). The molecule has 31 heavy (non-hydrogen) atoms. The van der Waals surface area contributed by atoms with Crippen LogP contribution in [0.3, 0.4) is 0 Å². The van der Waals surface area contributed by atoms with Crippen molar-refractivity contribution in [2.24, 2.45) is 0 Å². The van der Waals surface area contributed by atoms with Crippen molar-refractivity contribution in [2.75, 3.05) is 25.2 Å². The first-order valence-electron chi connectivity index (χ1n) is 10.2. The molecule has 5 nitrogen and oxygen atoms in total. The summed E-state index contributed by atoms with van der Waals surface area (Å²) < 4.78 is 12.4. The van der Waals surface area contributed by atoms with Crippen LogP contribution in [0, 0.1) is 0 Å². The van der Waals surface area contributed by atoms with Gasteiger partial charge in [0.05, 0.1) is 35.0 Å². The van der Waals surface area contributed by atoms with Gasteiger partial charge in [0.25, 0.3) is 5.91 Å². The molecule has 0 spiro atoms. The Bertz CT molecular complexity index is 1270. The maximum absolute atomic E-state index is 13.8. The number of aromatic nitrogens is 1. The van der Waals surface area contributed by atoms with E-state index < -0.39 is 0 Å². The Hall–Kier alpha value is -2.67. The fourth-order valence-corrected chi connectivity index (χ4v) is 5.23. The summed E-state index contributed by atoms with van der Waals surface area (Å²) in [5.41, 5.74) is 1.21. The summed E-state index contributed by atoms with van der Waals surface area (Å²) in [6.45, 7) is 1.16. The van der Waals surface area contributed by atoms with Gasteiger partial charge in [0, 0.05) is 6.61 Å². The lowest BCUT2D eigenvalue weighted by molar-refractivity contribution is 0.0915. The summed E-state index contributed by atoms with van der Waals surface area (Å²) in [4.78, 5) is 20.3. The molecule has 4 aromatic rings. The molecule has 1 aromatic heterocycles. The van der Waals surface area contributed by atoms with E-state index in [1.165, 1.54) is 11.3 Å². The number of thiazole rings is 1. The first-order chi connectivity index (χ1) is 15.1. The van der Waals surface area contributed by atoms with Gasteiger partial charge in [-0.2, -0.15) is 0 Å². The number of para-hydroxylation sites is 1. The van der Waals surface area contributed by atoms with Gasteiger partial charge in [0.15, 0.2) is 5.13 Å². The highest BCUT2D eigenvalue weighted by Crippen LogP contribution is 2.35. The lowest BCUT2D eigenvalue weighted by Gasteiger charge is -2.24. The van der Waals surface area contributed by atoms with Crippen LogP contribution in [0.1, 0.15) is 23.2 Å². The summed E-state index contributed by atoms with van der Waals surface area (Å²) in [6.07, 6.45) is 1.90. The monoisotopic (exact) mass is 452 g/mol. The van der Waals surface area contributed by atoms with E-state index >= 15 is 0 Å². The molecule has 0 aliphatic carbocycles. The Morgan fingerprint density at radius 2 is 2.03 bits per heavy atom. The maximum Gasteiger partial charge on any atom is 0.263 e. The quantitative estimate of drug-likeness (QED) is 0.376. The molecule has 0 radical (unpaired) electrons. The van der Waals surface area contributed by atoms with Gasteiger partial charge in [-0.1, -0.05) is 53.3 Å². The Balaban J connectivity index is 1.61. The minimum atomic E-state index is -0.159. The Labute approximate surface area is 189 Å². The maximum atomic E-state index is 13.8. The van der Waals surface area contributed by atoms with Crippen molar-refractivity contribution in [3.05, 3.63) is 65.2 Å². The van der Waals surface area contributed by atoms with E-state index in [-0.39, 0.29) is 12.0 Å². The van der Waals surface area contributed by atoms with E-state index in [1.807, 2.05) is 54.6 Å². The zero-order valence-electron chi connectivity index (χ0n) is 17.0. The highest BCUT2D eigenvalue weighted by Gasteiger charge is 2.29. The van der Waals surface area contributed by atoms with Gasteiger partial charge in [0.2, 0.25) is 0 Å². The fraction of sp³-hybridized carbons (Fsp3) is 0.250. The van der Waals surface area contributed by atoms with Gasteiger partial charge in [-0.05, 0) is 47.9 Å². The van der Waals surface area contributed by atoms with Crippen LogP contribution < -0.4 is 9.64 Å². The van der Waals surface area contributed by atoms with Crippen LogP contribution in [0.15, 0.2) is 54.6 Å². The number of carbonyl (C=O) groups is 1. The van der Waals surface area contributed by atoms with Gasteiger partial charge in [-0.3, -0.25) is 9.69 Å². The van der Waals surface area contributed by atoms with Crippen LogP contribution in [0.2, 0.25) is 5.02 Å². The number of amides is 1. The number of ether oxygens (including phenoxy) is 2. The Morgan fingerprint density at radius 1 is 1.23 bits per heavy atom. The van der Waals surface area contributed by atoms with Crippen LogP contribution in [0.25, 0.3) is 21.0 Å². The molecule has 2 heterocycles. The standard InChI is InChI=1S/C24H21ClN2O3S/c1-29-20-13-16-7-3-2-6-15(16)12-18(20)23(28)27(14-17-8-5-11-30-17)24-26-22-19(25)9-4-10-21(22)31-24/h2-4,6-7,9-10,12-13,17H,5,8,11,14H2,1H3. The summed E-state index contributed by atoms with van der Waals surface area (Å²) in [7, 11) is 1.59. The van der Waals surface area contributed by atoms with Crippen LogP contribution >= 0.6 is 22.9 Å². The van der Waals surface area contributed by atoms with Gasteiger partial charge < -0.3 is 9.47 Å². The number of halogens is 1. The predicted octanol–water partition coefficient (Wildman–Crippen LogP) is 5.94. The number of carbonyl (C=O) groups excluding carboxylic acids is 1. The van der Waals surface area contributed by atoms with Gasteiger partial charge >= 0.3 is 0 Å². The zero-order valence-corrected chi connectivity index (χ0v) is 18.6. The molecule has 1 saturated heterocycles. The third-order valence-corrected chi connectivity index (χ3v) is 6.89. The number of anilines is 1. The predicted molar refractivity (Wildman–Crippen MR) is 126 cm³/mol. The smallest absolute Gasteiger partial charge is 0.263 e. The van der Waals surface area contributed by atoms with E-state index in [4.69, 9.17) is 26.1 Å². The van der Waals surface area contributed by atoms with Gasteiger partial charge in [-0.15, -0.1) is 0 Å². The first kappa shape index (κ1) is 20.2. The SMILES string of the molecule is COc1cc2ccccc2cc1C(=O)N(CC1CCCO1)c1nc2c(Cl)cccc2s1. The number of methoxy groups -OCH3 is 1. The van der Waals surface area contributed by atoms with E-state index in [2.05, 4.69) is 0 Å². The largest absolute Gasteiger partial charge is 0.496 e. The number of hydrogen-bond acceptors (Lipinski definition) is 5. The summed E-state index contributed by atoms with van der Waals surface area (Å²) in [5.74, 6) is 0.383. The van der Waals surface area contributed by atoms with Crippen LogP contribution in [-0.4, -0.2) is 37.3 Å². The normalized spacial score (nSPS) is 16.1. The van der Waals surface area contributed by atoms with Crippen LogP contribution in [0.4, 0.5) is 5.13 Å². The zero-order chi connectivity index (χ0) is 21.4. The van der Waals surface area contributed by atoms with Crippen LogP contribution in [-0.2, 0) is 4.74 Å². The third kappa shape index (κ3) is 3.87. The van der Waals surface area contributed by atoms with Crippen LogP contribution in [0.5, 0.6) is 5.75 Å². The van der Waals surface area contributed by atoms with E-state index in [0.29, 0.717) is 33.5 Å². The van der Waals surface area contributed by atoms with E-state index in [0.717, 1.165) is 34.9 Å². The molecule has 0 N–H and O–H groups in total. The van der Waals surface area contributed by atoms with Gasteiger partial charge in [0.1, 0.15) is 11.3 Å². The number of hydrogen-bond donors (Lipinski definition) is 0. The van der Waals surface area contributed by atoms with E-state index in [1.54, 1.807) is 12.0 Å². The van der Waals surface area contributed by atoms with E-state index in [9.17, 15) is 4.79 Å². The molecule has 1 unspecified atom stereocenters. The molecule has 7 heteroatoms. The average Bonchev–Trinajstić information content (AvgIpc) is 3.46. The number of benzene rings is 3. The number of fused-ring (bicyclic) bond motifs is 2. The third-order valence-electron chi connectivity index (χ3n) is 5.54. The summed E-state index contributed by atoms with van der Waals surface area (Å²) in [6, 6.07) is 17.4. The minimum absolute atomic E-state index is 0.0158. The molecule has 1 fully saturated rings. The van der Waals surface area contributed by atoms with Crippen molar-refractivity contribution in [2.45, 2.75) is 18.9 Å². The lowest BCUT2D eigenvalue weighted by atomic mass is 10.0. The Morgan fingerprint density at radius 3 is 2.74 bits per heavy atom. The molecule has 1 aliphatic heterocycles.